The summed E-state index contributed by atoms with van der Waals surface area (Å²) in [6.07, 6.45) is 0. The standard InChI is InChI=1S/C11H15FO4S2/c1-9(2)17(13,14)7-8-18(15,16)11-5-3-10(12)4-6-11/h3-6,9H,7-8H2,1-2H3. The minimum Gasteiger partial charge on any atom is -0.229 e. The maximum atomic E-state index is 12.7. The summed E-state index contributed by atoms with van der Waals surface area (Å²) in [6.45, 7) is 3.00. The molecule has 0 bridgehead atoms. The lowest BCUT2D eigenvalue weighted by molar-refractivity contribution is 0.582. The van der Waals surface area contributed by atoms with Crippen LogP contribution in [0.4, 0.5) is 4.39 Å². The second-order valence-corrected chi connectivity index (χ2v) is 8.97. The summed E-state index contributed by atoms with van der Waals surface area (Å²) < 4.78 is 59.4. The van der Waals surface area contributed by atoms with Gasteiger partial charge in [-0.2, -0.15) is 0 Å². The van der Waals surface area contributed by atoms with E-state index in [1.165, 1.54) is 13.8 Å². The molecule has 0 aromatic heterocycles. The predicted molar refractivity (Wildman–Crippen MR) is 67.4 cm³/mol. The van der Waals surface area contributed by atoms with Crippen molar-refractivity contribution in [2.24, 2.45) is 0 Å². The smallest absolute Gasteiger partial charge is 0.179 e. The van der Waals surface area contributed by atoms with Crippen LogP contribution in [0.5, 0.6) is 0 Å². The highest BCUT2D eigenvalue weighted by molar-refractivity contribution is 7.95. The zero-order valence-corrected chi connectivity index (χ0v) is 11.8. The van der Waals surface area contributed by atoms with Crippen LogP contribution in [0.3, 0.4) is 0 Å². The Morgan fingerprint density at radius 2 is 1.50 bits per heavy atom. The lowest BCUT2D eigenvalue weighted by Gasteiger charge is -2.08. The van der Waals surface area contributed by atoms with Crippen molar-refractivity contribution in [2.75, 3.05) is 11.5 Å². The number of sulfone groups is 2. The van der Waals surface area contributed by atoms with Gasteiger partial charge in [-0.25, -0.2) is 21.2 Å². The van der Waals surface area contributed by atoms with Crippen LogP contribution in [-0.4, -0.2) is 33.6 Å². The SMILES string of the molecule is CC(C)S(=O)(=O)CCS(=O)(=O)c1ccc(F)cc1. The van der Waals surface area contributed by atoms with E-state index in [9.17, 15) is 21.2 Å². The molecule has 102 valence electrons. The quantitative estimate of drug-likeness (QED) is 0.770. The van der Waals surface area contributed by atoms with E-state index in [0.717, 1.165) is 24.3 Å². The van der Waals surface area contributed by atoms with Gasteiger partial charge in [-0.15, -0.1) is 0 Å². The van der Waals surface area contributed by atoms with Crippen molar-refractivity contribution < 1.29 is 21.2 Å². The highest BCUT2D eigenvalue weighted by atomic mass is 32.2. The monoisotopic (exact) mass is 294 g/mol. The van der Waals surface area contributed by atoms with Gasteiger partial charge >= 0.3 is 0 Å². The maximum Gasteiger partial charge on any atom is 0.179 e. The van der Waals surface area contributed by atoms with Gasteiger partial charge in [0.1, 0.15) is 5.82 Å². The molecule has 0 aliphatic carbocycles. The Bertz CT molecular complexity index is 601. The third kappa shape index (κ3) is 3.78. The number of hydrogen-bond acceptors (Lipinski definition) is 4. The molecule has 0 radical (unpaired) electrons. The molecular weight excluding hydrogens is 279 g/mol. The molecule has 7 heteroatoms. The van der Waals surface area contributed by atoms with Gasteiger partial charge in [0.15, 0.2) is 19.7 Å². The third-order valence-corrected chi connectivity index (χ3v) is 6.73. The first kappa shape index (κ1) is 15.1. The largest absolute Gasteiger partial charge is 0.229 e. The molecule has 4 nitrogen and oxygen atoms in total. The van der Waals surface area contributed by atoms with Crippen LogP contribution in [0, 0.1) is 5.82 Å². The van der Waals surface area contributed by atoms with E-state index in [-0.39, 0.29) is 4.90 Å². The van der Waals surface area contributed by atoms with Crippen LogP contribution in [0.2, 0.25) is 0 Å². The van der Waals surface area contributed by atoms with Crippen molar-refractivity contribution in [2.45, 2.75) is 24.0 Å². The van der Waals surface area contributed by atoms with Crippen LogP contribution in [-0.2, 0) is 19.7 Å². The van der Waals surface area contributed by atoms with Crippen molar-refractivity contribution in [3.8, 4) is 0 Å². The molecule has 1 aromatic rings. The van der Waals surface area contributed by atoms with E-state index < -0.39 is 42.2 Å². The average molecular weight is 294 g/mol. The fraction of sp³-hybridized carbons (Fsp3) is 0.455. The van der Waals surface area contributed by atoms with Gasteiger partial charge in [-0.1, -0.05) is 0 Å². The van der Waals surface area contributed by atoms with Gasteiger partial charge in [0, 0.05) is 0 Å². The fourth-order valence-electron chi connectivity index (χ4n) is 1.22. The van der Waals surface area contributed by atoms with E-state index in [1.54, 1.807) is 0 Å². The molecule has 0 heterocycles. The third-order valence-electron chi connectivity index (χ3n) is 2.53. The predicted octanol–water partition coefficient (Wildman–Crippen LogP) is 1.42. The first-order valence-electron chi connectivity index (χ1n) is 5.35. The lowest BCUT2D eigenvalue weighted by atomic mass is 10.4. The van der Waals surface area contributed by atoms with Gasteiger partial charge in [-0.3, -0.25) is 0 Å². The molecule has 0 spiro atoms. The van der Waals surface area contributed by atoms with Crippen molar-refractivity contribution in [3.63, 3.8) is 0 Å². The molecule has 0 saturated carbocycles. The molecule has 0 amide bonds. The van der Waals surface area contributed by atoms with Crippen LogP contribution in [0.1, 0.15) is 13.8 Å². The Morgan fingerprint density at radius 1 is 1.00 bits per heavy atom. The highest BCUT2D eigenvalue weighted by Gasteiger charge is 2.22. The summed E-state index contributed by atoms with van der Waals surface area (Å²) in [4.78, 5) is -0.0668. The first-order chi connectivity index (χ1) is 8.15. The minimum absolute atomic E-state index is 0.0668. The summed E-state index contributed by atoms with van der Waals surface area (Å²) in [6, 6.07) is 4.33. The summed E-state index contributed by atoms with van der Waals surface area (Å²) >= 11 is 0. The van der Waals surface area contributed by atoms with Crippen molar-refractivity contribution in [1.29, 1.82) is 0 Å². The number of benzene rings is 1. The Hall–Kier alpha value is -0.950. The van der Waals surface area contributed by atoms with E-state index in [1.807, 2.05) is 0 Å². The molecular formula is C11H15FO4S2. The fourth-order valence-corrected chi connectivity index (χ4v) is 4.29. The Morgan fingerprint density at radius 3 is 1.94 bits per heavy atom. The van der Waals surface area contributed by atoms with E-state index >= 15 is 0 Å². The molecule has 0 aliphatic rings. The van der Waals surface area contributed by atoms with Crippen LogP contribution in [0.15, 0.2) is 29.2 Å². The van der Waals surface area contributed by atoms with Crippen LogP contribution >= 0.6 is 0 Å². The molecule has 1 aromatic carbocycles. The Balaban J connectivity index is 2.87. The van der Waals surface area contributed by atoms with E-state index in [2.05, 4.69) is 0 Å². The van der Waals surface area contributed by atoms with Gasteiger partial charge < -0.3 is 0 Å². The summed E-state index contributed by atoms with van der Waals surface area (Å²) in [5.41, 5.74) is 0. The highest BCUT2D eigenvalue weighted by Crippen LogP contribution is 2.13. The van der Waals surface area contributed by atoms with Gasteiger partial charge in [0.2, 0.25) is 0 Å². The Kier molecular flexibility index (Phi) is 4.50. The van der Waals surface area contributed by atoms with Gasteiger partial charge in [-0.05, 0) is 38.1 Å². The van der Waals surface area contributed by atoms with Crippen molar-refractivity contribution in [1.82, 2.24) is 0 Å². The second kappa shape index (κ2) is 5.36. The summed E-state index contributed by atoms with van der Waals surface area (Å²) in [5.74, 6) is -1.45. The molecule has 18 heavy (non-hydrogen) atoms. The molecule has 0 fully saturated rings. The number of hydrogen-bond donors (Lipinski definition) is 0. The van der Waals surface area contributed by atoms with Crippen molar-refractivity contribution in [3.05, 3.63) is 30.1 Å². The van der Waals surface area contributed by atoms with Gasteiger partial charge in [0.25, 0.3) is 0 Å². The molecule has 0 N–H and O–H groups in total. The normalized spacial score (nSPS) is 12.9. The number of halogens is 1. The summed E-state index contributed by atoms with van der Waals surface area (Å²) in [5, 5.41) is -0.610. The summed E-state index contributed by atoms with van der Waals surface area (Å²) in [7, 11) is -7.09. The lowest BCUT2D eigenvalue weighted by Crippen LogP contribution is -2.23. The van der Waals surface area contributed by atoms with Crippen LogP contribution in [0.25, 0.3) is 0 Å². The zero-order valence-electron chi connectivity index (χ0n) is 10.1. The van der Waals surface area contributed by atoms with Crippen molar-refractivity contribution >= 4 is 19.7 Å². The molecule has 1 rings (SSSR count). The minimum atomic E-state index is -3.69. The molecule has 0 atom stereocenters. The maximum absolute atomic E-state index is 12.7. The van der Waals surface area contributed by atoms with Crippen LogP contribution < -0.4 is 0 Å². The first-order valence-corrected chi connectivity index (χ1v) is 8.72. The molecule has 0 unspecified atom stereocenters. The molecule has 0 saturated heterocycles. The topological polar surface area (TPSA) is 68.3 Å². The second-order valence-electron chi connectivity index (χ2n) is 4.19. The Labute approximate surface area is 107 Å². The number of rotatable bonds is 5. The molecule has 0 aliphatic heterocycles. The zero-order chi connectivity index (χ0) is 14.0. The average Bonchev–Trinajstić information content (AvgIpc) is 2.27. The van der Waals surface area contributed by atoms with E-state index in [0.29, 0.717) is 0 Å². The van der Waals surface area contributed by atoms with Gasteiger partial charge in [0.05, 0.1) is 21.7 Å². The van der Waals surface area contributed by atoms with E-state index in [4.69, 9.17) is 0 Å².